The van der Waals surface area contributed by atoms with Gasteiger partial charge in [-0.15, -0.1) is 0 Å². The molecule has 1 N–H and O–H groups in total. The van der Waals surface area contributed by atoms with Crippen LogP contribution in [0.25, 0.3) is 0 Å². The fourth-order valence-corrected chi connectivity index (χ4v) is 3.08. The SMILES string of the molecule is CCC(C)C1CN(c2cccc(Cl)c2Br)CCN1. The molecule has 0 spiro atoms. The van der Waals surface area contributed by atoms with Crippen LogP contribution in [0.2, 0.25) is 5.02 Å². The van der Waals surface area contributed by atoms with E-state index in [0.717, 1.165) is 29.1 Å². The molecule has 2 unspecified atom stereocenters. The molecule has 2 atom stereocenters. The highest BCUT2D eigenvalue weighted by Crippen LogP contribution is 2.33. The van der Waals surface area contributed by atoms with E-state index in [-0.39, 0.29) is 0 Å². The van der Waals surface area contributed by atoms with Crippen LogP contribution in [-0.4, -0.2) is 25.7 Å². The summed E-state index contributed by atoms with van der Waals surface area (Å²) in [7, 11) is 0. The summed E-state index contributed by atoms with van der Waals surface area (Å²) in [5.74, 6) is 0.700. The lowest BCUT2D eigenvalue weighted by Gasteiger charge is -2.38. The summed E-state index contributed by atoms with van der Waals surface area (Å²) in [5, 5.41) is 4.40. The molecule has 18 heavy (non-hydrogen) atoms. The normalized spacial score (nSPS) is 22.0. The third kappa shape index (κ3) is 3.01. The van der Waals surface area contributed by atoms with E-state index in [2.05, 4.69) is 46.1 Å². The van der Waals surface area contributed by atoms with Crippen LogP contribution in [0.5, 0.6) is 0 Å². The van der Waals surface area contributed by atoms with Gasteiger partial charge in [-0.2, -0.15) is 0 Å². The molecule has 0 aliphatic carbocycles. The first-order valence-corrected chi connectivity index (χ1v) is 7.73. The molecule has 1 aromatic carbocycles. The van der Waals surface area contributed by atoms with Crippen molar-refractivity contribution in [3.8, 4) is 0 Å². The van der Waals surface area contributed by atoms with E-state index >= 15 is 0 Å². The van der Waals surface area contributed by atoms with Crippen LogP contribution in [0.3, 0.4) is 0 Å². The number of piperazine rings is 1. The van der Waals surface area contributed by atoms with Crippen LogP contribution >= 0.6 is 27.5 Å². The molecule has 0 bridgehead atoms. The van der Waals surface area contributed by atoms with Gasteiger partial charge >= 0.3 is 0 Å². The Hall–Kier alpha value is -0.250. The van der Waals surface area contributed by atoms with Gasteiger partial charge in [0.25, 0.3) is 0 Å². The molecule has 100 valence electrons. The summed E-state index contributed by atoms with van der Waals surface area (Å²) >= 11 is 9.77. The smallest absolute Gasteiger partial charge is 0.0595 e. The molecule has 1 aliphatic heterocycles. The topological polar surface area (TPSA) is 15.3 Å². The second kappa shape index (κ2) is 6.27. The third-order valence-electron chi connectivity index (χ3n) is 3.81. The van der Waals surface area contributed by atoms with Crippen molar-refractivity contribution >= 4 is 33.2 Å². The minimum atomic E-state index is 0.564. The molecule has 1 fully saturated rings. The van der Waals surface area contributed by atoms with Gasteiger partial charge in [0.2, 0.25) is 0 Å². The lowest BCUT2D eigenvalue weighted by molar-refractivity contribution is 0.341. The Bertz CT molecular complexity index is 411. The predicted molar refractivity (Wildman–Crippen MR) is 82.6 cm³/mol. The summed E-state index contributed by atoms with van der Waals surface area (Å²) in [5.41, 5.74) is 1.21. The molecule has 1 aromatic rings. The van der Waals surface area contributed by atoms with Crippen LogP contribution in [0.15, 0.2) is 22.7 Å². The Kier molecular flexibility index (Phi) is 4.93. The van der Waals surface area contributed by atoms with Crippen molar-refractivity contribution in [2.24, 2.45) is 5.92 Å². The fraction of sp³-hybridized carbons (Fsp3) is 0.571. The summed E-state index contributed by atoms with van der Waals surface area (Å²) in [4.78, 5) is 2.42. The van der Waals surface area contributed by atoms with Gasteiger partial charge < -0.3 is 10.2 Å². The maximum Gasteiger partial charge on any atom is 0.0595 e. The number of rotatable bonds is 3. The fourth-order valence-electron chi connectivity index (χ4n) is 2.40. The van der Waals surface area contributed by atoms with Crippen molar-refractivity contribution in [1.29, 1.82) is 0 Å². The van der Waals surface area contributed by atoms with Gasteiger partial charge in [0, 0.05) is 25.7 Å². The molecule has 0 radical (unpaired) electrons. The van der Waals surface area contributed by atoms with Gasteiger partial charge in [0.15, 0.2) is 0 Å². The summed E-state index contributed by atoms with van der Waals surface area (Å²) < 4.78 is 1.01. The van der Waals surface area contributed by atoms with E-state index in [1.54, 1.807) is 0 Å². The van der Waals surface area contributed by atoms with E-state index < -0.39 is 0 Å². The van der Waals surface area contributed by atoms with E-state index in [4.69, 9.17) is 11.6 Å². The third-order valence-corrected chi connectivity index (χ3v) is 5.18. The van der Waals surface area contributed by atoms with E-state index in [0.29, 0.717) is 12.0 Å². The molecule has 1 saturated heterocycles. The highest BCUT2D eigenvalue weighted by atomic mass is 79.9. The van der Waals surface area contributed by atoms with E-state index in [9.17, 15) is 0 Å². The lowest BCUT2D eigenvalue weighted by Crippen LogP contribution is -2.53. The van der Waals surface area contributed by atoms with Gasteiger partial charge in [-0.05, 0) is 34.0 Å². The number of benzene rings is 1. The maximum absolute atomic E-state index is 6.17. The molecule has 2 rings (SSSR count). The number of nitrogens with zero attached hydrogens (tertiary/aromatic N) is 1. The van der Waals surface area contributed by atoms with Crippen LogP contribution in [0.4, 0.5) is 5.69 Å². The molecule has 0 aromatic heterocycles. The van der Waals surface area contributed by atoms with Gasteiger partial charge in [-0.3, -0.25) is 0 Å². The first kappa shape index (κ1) is 14.2. The molecular formula is C14H20BrClN2. The monoisotopic (exact) mass is 330 g/mol. The zero-order chi connectivity index (χ0) is 13.1. The maximum atomic E-state index is 6.17. The zero-order valence-corrected chi connectivity index (χ0v) is 13.3. The molecular weight excluding hydrogens is 312 g/mol. The Labute approximate surface area is 123 Å². The number of hydrogen-bond acceptors (Lipinski definition) is 2. The van der Waals surface area contributed by atoms with Crippen molar-refractivity contribution in [3.05, 3.63) is 27.7 Å². The van der Waals surface area contributed by atoms with Crippen LogP contribution in [-0.2, 0) is 0 Å². The standard InChI is InChI=1S/C14H20BrClN2/c1-3-10(2)12-9-18(8-7-17-12)13-6-4-5-11(16)14(13)15/h4-6,10,12,17H,3,7-9H2,1-2H3. The average molecular weight is 332 g/mol. The van der Waals surface area contributed by atoms with E-state index in [1.165, 1.54) is 12.1 Å². The highest BCUT2D eigenvalue weighted by Gasteiger charge is 2.24. The van der Waals surface area contributed by atoms with Crippen molar-refractivity contribution in [3.63, 3.8) is 0 Å². The highest BCUT2D eigenvalue weighted by molar-refractivity contribution is 9.10. The van der Waals surface area contributed by atoms with Gasteiger partial charge in [0.1, 0.15) is 0 Å². The first-order valence-electron chi connectivity index (χ1n) is 6.55. The second-order valence-corrected chi connectivity index (χ2v) is 6.17. The molecule has 1 aliphatic rings. The quantitative estimate of drug-likeness (QED) is 0.903. The van der Waals surface area contributed by atoms with Gasteiger partial charge in [-0.1, -0.05) is 37.9 Å². The van der Waals surface area contributed by atoms with Gasteiger partial charge in [0.05, 0.1) is 15.2 Å². The molecule has 0 amide bonds. The van der Waals surface area contributed by atoms with Gasteiger partial charge in [-0.25, -0.2) is 0 Å². The Morgan fingerprint density at radius 3 is 3.06 bits per heavy atom. The second-order valence-electron chi connectivity index (χ2n) is 4.97. The number of anilines is 1. The predicted octanol–water partition coefficient (Wildman–Crippen LogP) is 3.93. The van der Waals surface area contributed by atoms with Crippen molar-refractivity contribution in [1.82, 2.24) is 5.32 Å². The zero-order valence-electron chi connectivity index (χ0n) is 10.9. The number of halogens is 2. The van der Waals surface area contributed by atoms with E-state index in [1.807, 2.05) is 12.1 Å². The summed E-state index contributed by atoms with van der Waals surface area (Å²) in [6.07, 6.45) is 1.21. The summed E-state index contributed by atoms with van der Waals surface area (Å²) in [6, 6.07) is 6.64. The van der Waals surface area contributed by atoms with Crippen molar-refractivity contribution in [2.45, 2.75) is 26.3 Å². The van der Waals surface area contributed by atoms with Crippen molar-refractivity contribution < 1.29 is 0 Å². The first-order chi connectivity index (χ1) is 8.63. The molecule has 0 saturated carbocycles. The minimum Gasteiger partial charge on any atom is -0.368 e. The minimum absolute atomic E-state index is 0.564. The van der Waals surface area contributed by atoms with Crippen molar-refractivity contribution in [2.75, 3.05) is 24.5 Å². The Balaban J connectivity index is 2.15. The van der Waals surface area contributed by atoms with Crippen LogP contribution in [0.1, 0.15) is 20.3 Å². The number of hydrogen-bond donors (Lipinski definition) is 1. The molecule has 2 nitrogen and oxygen atoms in total. The molecule has 1 heterocycles. The molecule has 4 heteroatoms. The average Bonchev–Trinajstić information content (AvgIpc) is 2.41. The largest absolute Gasteiger partial charge is 0.368 e. The van der Waals surface area contributed by atoms with Crippen LogP contribution in [0, 0.1) is 5.92 Å². The summed E-state index contributed by atoms with van der Waals surface area (Å²) in [6.45, 7) is 7.68. The Morgan fingerprint density at radius 2 is 2.33 bits per heavy atom. The van der Waals surface area contributed by atoms with Crippen LogP contribution < -0.4 is 10.2 Å². The number of nitrogens with one attached hydrogen (secondary N) is 1. The Morgan fingerprint density at radius 1 is 1.56 bits per heavy atom. The lowest BCUT2D eigenvalue weighted by atomic mass is 9.97.